The molecule has 0 aliphatic carbocycles. The SMILES string of the molecule is Cc1ccc(NC(=O)c2cnc(N3CCc4ccccc4C3)nc2)c(C)c1. The van der Waals surface area contributed by atoms with Gasteiger partial charge in [-0.1, -0.05) is 42.0 Å². The number of amides is 1. The number of hydrogen-bond donors (Lipinski definition) is 1. The summed E-state index contributed by atoms with van der Waals surface area (Å²) in [5.41, 5.74) is 6.16. The summed E-state index contributed by atoms with van der Waals surface area (Å²) >= 11 is 0. The van der Waals surface area contributed by atoms with Gasteiger partial charge in [-0.25, -0.2) is 9.97 Å². The number of carbonyl (C=O) groups is 1. The Bertz CT molecular complexity index is 982. The van der Waals surface area contributed by atoms with Gasteiger partial charge in [-0.05, 0) is 43.0 Å². The van der Waals surface area contributed by atoms with Crippen molar-refractivity contribution in [2.45, 2.75) is 26.8 Å². The number of benzene rings is 2. The minimum absolute atomic E-state index is 0.197. The van der Waals surface area contributed by atoms with Crippen LogP contribution in [0.3, 0.4) is 0 Å². The minimum atomic E-state index is -0.197. The molecule has 0 saturated carbocycles. The maximum Gasteiger partial charge on any atom is 0.258 e. The van der Waals surface area contributed by atoms with Gasteiger partial charge in [0.25, 0.3) is 5.91 Å². The zero-order chi connectivity index (χ0) is 18.8. The number of aromatic nitrogens is 2. The lowest BCUT2D eigenvalue weighted by Gasteiger charge is -2.28. The first kappa shape index (κ1) is 17.2. The molecule has 1 amide bonds. The fraction of sp³-hybridized carbons (Fsp3) is 0.227. The highest BCUT2D eigenvalue weighted by Gasteiger charge is 2.18. The predicted molar refractivity (Wildman–Crippen MR) is 107 cm³/mol. The molecule has 1 aromatic heterocycles. The molecule has 1 N–H and O–H groups in total. The monoisotopic (exact) mass is 358 g/mol. The average Bonchev–Trinajstić information content (AvgIpc) is 2.70. The van der Waals surface area contributed by atoms with Crippen molar-refractivity contribution in [1.29, 1.82) is 0 Å². The highest BCUT2D eigenvalue weighted by Crippen LogP contribution is 2.22. The van der Waals surface area contributed by atoms with Gasteiger partial charge >= 0.3 is 0 Å². The van der Waals surface area contributed by atoms with E-state index in [1.807, 2.05) is 32.0 Å². The van der Waals surface area contributed by atoms with E-state index in [2.05, 4.69) is 44.5 Å². The quantitative estimate of drug-likeness (QED) is 0.771. The molecular weight excluding hydrogens is 336 g/mol. The highest BCUT2D eigenvalue weighted by atomic mass is 16.1. The van der Waals surface area contributed by atoms with Crippen molar-refractivity contribution in [3.63, 3.8) is 0 Å². The van der Waals surface area contributed by atoms with Crippen LogP contribution in [0, 0.1) is 13.8 Å². The second kappa shape index (κ2) is 7.19. The summed E-state index contributed by atoms with van der Waals surface area (Å²) in [6.45, 7) is 5.69. The van der Waals surface area contributed by atoms with Gasteiger partial charge in [0.05, 0.1) is 5.56 Å². The normalized spacial score (nSPS) is 13.2. The third kappa shape index (κ3) is 3.67. The highest BCUT2D eigenvalue weighted by molar-refractivity contribution is 6.04. The molecule has 0 fully saturated rings. The van der Waals surface area contributed by atoms with Crippen LogP contribution < -0.4 is 10.2 Å². The number of nitrogens with one attached hydrogen (secondary N) is 1. The molecule has 0 unspecified atom stereocenters. The second-order valence-electron chi connectivity index (χ2n) is 6.98. The molecular formula is C22H22N4O. The first-order chi connectivity index (χ1) is 13.1. The van der Waals surface area contributed by atoms with Crippen LogP contribution in [0.25, 0.3) is 0 Å². The van der Waals surface area contributed by atoms with E-state index in [0.29, 0.717) is 11.5 Å². The number of hydrogen-bond acceptors (Lipinski definition) is 4. The number of carbonyl (C=O) groups excluding carboxylic acids is 1. The Morgan fingerprint density at radius 3 is 2.52 bits per heavy atom. The molecule has 0 bridgehead atoms. The average molecular weight is 358 g/mol. The molecule has 0 spiro atoms. The molecule has 2 aromatic carbocycles. The molecule has 27 heavy (non-hydrogen) atoms. The van der Waals surface area contributed by atoms with E-state index in [1.54, 1.807) is 12.4 Å². The van der Waals surface area contributed by atoms with Gasteiger partial charge in [0.2, 0.25) is 5.95 Å². The van der Waals surface area contributed by atoms with Crippen LogP contribution in [0.1, 0.15) is 32.6 Å². The van der Waals surface area contributed by atoms with Crippen molar-refractivity contribution in [1.82, 2.24) is 9.97 Å². The van der Waals surface area contributed by atoms with Crippen molar-refractivity contribution in [3.05, 3.63) is 82.7 Å². The largest absolute Gasteiger partial charge is 0.336 e. The molecule has 1 aliphatic rings. The number of aryl methyl sites for hydroxylation is 2. The maximum absolute atomic E-state index is 12.5. The Kier molecular flexibility index (Phi) is 4.59. The minimum Gasteiger partial charge on any atom is -0.336 e. The van der Waals surface area contributed by atoms with Gasteiger partial charge in [-0.3, -0.25) is 4.79 Å². The molecule has 4 rings (SSSR count). The first-order valence-electron chi connectivity index (χ1n) is 9.12. The van der Waals surface area contributed by atoms with Crippen molar-refractivity contribution in [2.75, 3.05) is 16.8 Å². The van der Waals surface area contributed by atoms with E-state index in [-0.39, 0.29) is 5.91 Å². The predicted octanol–water partition coefficient (Wildman–Crippen LogP) is 3.91. The number of rotatable bonds is 3. The number of anilines is 2. The Labute approximate surface area is 159 Å². The third-order valence-corrected chi connectivity index (χ3v) is 4.94. The third-order valence-electron chi connectivity index (χ3n) is 4.94. The van der Waals surface area contributed by atoms with Gasteiger partial charge in [-0.2, -0.15) is 0 Å². The van der Waals surface area contributed by atoms with E-state index >= 15 is 0 Å². The second-order valence-corrected chi connectivity index (χ2v) is 6.98. The summed E-state index contributed by atoms with van der Waals surface area (Å²) in [6, 6.07) is 14.4. The topological polar surface area (TPSA) is 58.1 Å². The lowest BCUT2D eigenvalue weighted by molar-refractivity contribution is 0.102. The van der Waals surface area contributed by atoms with Crippen LogP contribution in [0.5, 0.6) is 0 Å². The molecule has 0 atom stereocenters. The van der Waals surface area contributed by atoms with Gasteiger partial charge < -0.3 is 10.2 Å². The molecule has 3 aromatic rings. The molecule has 5 nitrogen and oxygen atoms in total. The molecule has 0 saturated heterocycles. The van der Waals surface area contributed by atoms with E-state index in [9.17, 15) is 4.79 Å². The van der Waals surface area contributed by atoms with Crippen LogP contribution in [-0.4, -0.2) is 22.4 Å². The van der Waals surface area contributed by atoms with Crippen molar-refractivity contribution in [3.8, 4) is 0 Å². The maximum atomic E-state index is 12.5. The molecule has 1 aliphatic heterocycles. The van der Waals surface area contributed by atoms with Crippen molar-refractivity contribution >= 4 is 17.5 Å². The van der Waals surface area contributed by atoms with Crippen LogP contribution in [0.2, 0.25) is 0 Å². The van der Waals surface area contributed by atoms with E-state index in [1.165, 1.54) is 16.7 Å². The standard InChI is InChI=1S/C22H22N4O/c1-15-7-8-20(16(2)11-15)25-21(27)19-12-23-22(24-13-19)26-10-9-17-5-3-4-6-18(17)14-26/h3-8,11-13H,9-10,14H2,1-2H3,(H,25,27). The van der Waals surface area contributed by atoms with Gasteiger partial charge in [0.15, 0.2) is 0 Å². The lowest BCUT2D eigenvalue weighted by Crippen LogP contribution is -2.31. The Hall–Kier alpha value is -3.21. The van der Waals surface area contributed by atoms with Crippen molar-refractivity contribution < 1.29 is 4.79 Å². The zero-order valence-corrected chi connectivity index (χ0v) is 15.6. The Morgan fingerprint density at radius 2 is 1.78 bits per heavy atom. The lowest BCUT2D eigenvalue weighted by atomic mass is 10.0. The summed E-state index contributed by atoms with van der Waals surface area (Å²) in [7, 11) is 0. The van der Waals surface area contributed by atoms with Crippen LogP contribution in [-0.2, 0) is 13.0 Å². The molecule has 0 radical (unpaired) electrons. The summed E-state index contributed by atoms with van der Waals surface area (Å²) in [4.78, 5) is 23.5. The molecule has 2 heterocycles. The Morgan fingerprint density at radius 1 is 1.04 bits per heavy atom. The molecule has 5 heteroatoms. The Balaban J connectivity index is 1.47. The number of fused-ring (bicyclic) bond motifs is 1. The fourth-order valence-electron chi connectivity index (χ4n) is 3.42. The van der Waals surface area contributed by atoms with E-state index in [0.717, 1.165) is 30.8 Å². The van der Waals surface area contributed by atoms with Crippen LogP contribution >= 0.6 is 0 Å². The van der Waals surface area contributed by atoms with Gasteiger partial charge in [0, 0.05) is 31.2 Å². The summed E-state index contributed by atoms with van der Waals surface area (Å²) in [5, 5.41) is 2.93. The van der Waals surface area contributed by atoms with Gasteiger partial charge in [0.1, 0.15) is 0 Å². The summed E-state index contributed by atoms with van der Waals surface area (Å²) < 4.78 is 0. The summed E-state index contributed by atoms with van der Waals surface area (Å²) in [5.74, 6) is 0.463. The molecule has 136 valence electrons. The fourth-order valence-corrected chi connectivity index (χ4v) is 3.42. The van der Waals surface area contributed by atoms with Crippen LogP contribution in [0.15, 0.2) is 54.9 Å². The van der Waals surface area contributed by atoms with Crippen molar-refractivity contribution in [2.24, 2.45) is 0 Å². The van der Waals surface area contributed by atoms with E-state index < -0.39 is 0 Å². The zero-order valence-electron chi connectivity index (χ0n) is 15.6. The smallest absolute Gasteiger partial charge is 0.258 e. The first-order valence-corrected chi connectivity index (χ1v) is 9.12. The van der Waals surface area contributed by atoms with Crippen LogP contribution in [0.4, 0.5) is 11.6 Å². The van der Waals surface area contributed by atoms with Gasteiger partial charge in [-0.15, -0.1) is 0 Å². The number of nitrogens with zero attached hydrogens (tertiary/aromatic N) is 3. The van der Waals surface area contributed by atoms with E-state index in [4.69, 9.17) is 0 Å². The summed E-state index contributed by atoms with van der Waals surface area (Å²) in [6.07, 6.45) is 4.18.